The number of halogens is 2. The topological polar surface area (TPSA) is 107 Å². The van der Waals surface area contributed by atoms with Gasteiger partial charge >= 0.3 is 5.97 Å². The molecule has 1 aliphatic rings. The molecule has 0 aliphatic heterocycles. The highest BCUT2D eigenvalue weighted by Gasteiger charge is 2.29. The molecule has 2 atom stereocenters. The second-order valence-electron chi connectivity index (χ2n) is 8.78. The smallest absolute Gasteiger partial charge is 0.306 e. The van der Waals surface area contributed by atoms with Crippen molar-refractivity contribution < 1.29 is 28.9 Å². The van der Waals surface area contributed by atoms with E-state index in [9.17, 15) is 9.59 Å². The number of rotatable bonds is 11. The second-order valence-corrected chi connectivity index (χ2v) is 10.4. The maximum Gasteiger partial charge on any atom is 0.306 e. The number of hydrogen-bond donors (Lipinski definition) is 2. The minimum Gasteiger partial charge on any atom is -0.495 e. The molecule has 0 spiro atoms. The number of methoxy groups -OCH3 is 2. The molecular formula is C26H32ClIN2O6. The van der Waals surface area contributed by atoms with E-state index in [-0.39, 0.29) is 21.9 Å². The standard InChI is InChI=1S/C26H32ClIN2O6/c1-4-18-10-12-21(34-2)22(30-18)23(24(28)35-3)36-20-11-9-17(13-19(20)27)25(31)29-14-15-5-7-16(8-6-15)26(32)33/h9-13,15-16,23-24H,4-8,14H2,1-3H3,(H,29,31)(H,32,33)/t15-,16-,23-,24-/m0/s1. The van der Waals surface area contributed by atoms with Gasteiger partial charge in [-0.05, 0) is 90.9 Å². The molecule has 8 nitrogen and oxygen atoms in total. The van der Waals surface area contributed by atoms with Crippen molar-refractivity contribution in [3.8, 4) is 11.5 Å². The lowest BCUT2D eigenvalue weighted by atomic mass is 9.82. The van der Waals surface area contributed by atoms with Crippen molar-refractivity contribution in [1.82, 2.24) is 10.3 Å². The molecule has 2 N–H and O–H groups in total. The molecule has 10 heteroatoms. The Balaban J connectivity index is 1.70. The first kappa shape index (κ1) is 28.5. The Morgan fingerprint density at radius 1 is 1.17 bits per heavy atom. The van der Waals surface area contributed by atoms with Crippen molar-refractivity contribution in [3.63, 3.8) is 0 Å². The number of nitrogens with one attached hydrogen (secondary N) is 1. The van der Waals surface area contributed by atoms with Crippen LogP contribution in [-0.2, 0) is 16.0 Å². The number of ether oxygens (including phenoxy) is 3. The summed E-state index contributed by atoms with van der Waals surface area (Å²) in [5, 5.41) is 12.4. The van der Waals surface area contributed by atoms with Gasteiger partial charge in [-0.2, -0.15) is 0 Å². The Labute approximate surface area is 230 Å². The summed E-state index contributed by atoms with van der Waals surface area (Å²) in [4.78, 5) is 28.6. The van der Waals surface area contributed by atoms with Crippen LogP contribution in [0.1, 0.15) is 60.5 Å². The fourth-order valence-electron chi connectivity index (χ4n) is 4.26. The molecule has 196 valence electrons. The summed E-state index contributed by atoms with van der Waals surface area (Å²) in [5.41, 5.74) is 1.92. The van der Waals surface area contributed by atoms with E-state index in [1.165, 1.54) is 0 Å². The number of pyridine rings is 1. The van der Waals surface area contributed by atoms with Crippen molar-refractivity contribution in [3.05, 3.63) is 52.3 Å². The third-order valence-corrected chi connectivity index (χ3v) is 7.91. The Hall–Kier alpha value is -2.11. The molecule has 1 amide bonds. The van der Waals surface area contributed by atoms with Crippen LogP contribution >= 0.6 is 34.2 Å². The van der Waals surface area contributed by atoms with Gasteiger partial charge in [0.2, 0.25) is 0 Å². The molecule has 0 radical (unpaired) electrons. The number of carbonyl (C=O) groups excluding carboxylic acids is 1. The molecule has 1 fully saturated rings. The Morgan fingerprint density at radius 2 is 1.86 bits per heavy atom. The summed E-state index contributed by atoms with van der Waals surface area (Å²) < 4.78 is 16.9. The lowest BCUT2D eigenvalue weighted by Gasteiger charge is -2.26. The molecule has 0 saturated heterocycles. The summed E-state index contributed by atoms with van der Waals surface area (Å²) in [6.45, 7) is 2.53. The van der Waals surface area contributed by atoms with E-state index in [1.807, 2.05) is 19.1 Å². The first-order valence-corrected chi connectivity index (χ1v) is 13.6. The number of amides is 1. The SMILES string of the molecule is CCc1ccc(OC)c([C@H](Oc2ccc(C(=O)NC[C@H]3CC[C@H](C(=O)O)CC3)cc2Cl)[C@@H](I)OC)n1. The van der Waals surface area contributed by atoms with Gasteiger partial charge in [0.15, 0.2) is 10.2 Å². The molecule has 1 aliphatic carbocycles. The minimum absolute atomic E-state index is 0.233. The van der Waals surface area contributed by atoms with Gasteiger partial charge in [-0.15, -0.1) is 0 Å². The molecule has 3 rings (SSSR count). The molecule has 36 heavy (non-hydrogen) atoms. The number of aliphatic carboxylic acids is 1. The summed E-state index contributed by atoms with van der Waals surface area (Å²) in [6.07, 6.45) is 3.04. The first-order chi connectivity index (χ1) is 17.3. The maximum absolute atomic E-state index is 12.7. The van der Waals surface area contributed by atoms with Gasteiger partial charge in [0.25, 0.3) is 5.91 Å². The predicted molar refractivity (Wildman–Crippen MR) is 145 cm³/mol. The highest BCUT2D eigenvalue weighted by molar-refractivity contribution is 14.1. The molecule has 1 saturated carbocycles. The quantitative estimate of drug-likeness (QED) is 0.251. The molecule has 1 aromatic carbocycles. The molecule has 1 heterocycles. The number of benzene rings is 1. The number of aryl methyl sites for hydroxylation is 1. The summed E-state index contributed by atoms with van der Waals surface area (Å²) in [7, 11) is 3.17. The van der Waals surface area contributed by atoms with E-state index < -0.39 is 12.1 Å². The molecule has 1 aromatic heterocycles. The normalized spacial score (nSPS) is 19.2. The zero-order chi connectivity index (χ0) is 26.2. The van der Waals surface area contributed by atoms with Crippen molar-refractivity contribution >= 4 is 46.1 Å². The van der Waals surface area contributed by atoms with Crippen molar-refractivity contribution in [2.24, 2.45) is 11.8 Å². The van der Waals surface area contributed by atoms with Gasteiger partial charge in [-0.1, -0.05) is 18.5 Å². The third kappa shape index (κ3) is 7.23. The monoisotopic (exact) mass is 630 g/mol. The van der Waals surface area contributed by atoms with Gasteiger partial charge in [0, 0.05) is 24.9 Å². The zero-order valence-electron chi connectivity index (χ0n) is 20.6. The van der Waals surface area contributed by atoms with Crippen LogP contribution in [0.2, 0.25) is 5.02 Å². The van der Waals surface area contributed by atoms with E-state index in [0.717, 1.165) is 25.0 Å². The molecule has 0 unspecified atom stereocenters. The average Bonchev–Trinajstić information content (AvgIpc) is 2.90. The van der Waals surface area contributed by atoms with Crippen LogP contribution in [-0.4, -0.2) is 46.8 Å². The largest absolute Gasteiger partial charge is 0.495 e. The highest BCUT2D eigenvalue weighted by atomic mass is 127. The predicted octanol–water partition coefficient (Wildman–Crippen LogP) is 5.45. The number of carboxylic acids is 1. The number of alkyl halides is 1. The Morgan fingerprint density at radius 3 is 2.44 bits per heavy atom. The van der Waals surface area contributed by atoms with Crippen LogP contribution in [0, 0.1) is 11.8 Å². The van der Waals surface area contributed by atoms with E-state index >= 15 is 0 Å². The number of carboxylic acid groups (broad SMARTS) is 1. The summed E-state index contributed by atoms with van der Waals surface area (Å²) >= 11 is 8.66. The van der Waals surface area contributed by atoms with Crippen molar-refractivity contribution in [2.45, 2.75) is 49.2 Å². The fraction of sp³-hybridized carbons (Fsp3) is 0.500. The lowest BCUT2D eigenvalue weighted by Crippen LogP contribution is -2.32. The van der Waals surface area contributed by atoms with Crippen molar-refractivity contribution in [1.29, 1.82) is 0 Å². The van der Waals surface area contributed by atoms with Crippen LogP contribution in [0.4, 0.5) is 0 Å². The number of aromatic nitrogens is 1. The van der Waals surface area contributed by atoms with Crippen LogP contribution in [0.25, 0.3) is 0 Å². The molecule has 2 aromatic rings. The van der Waals surface area contributed by atoms with E-state index in [0.29, 0.717) is 47.2 Å². The van der Waals surface area contributed by atoms with Gasteiger partial charge < -0.3 is 24.6 Å². The maximum atomic E-state index is 12.7. The van der Waals surface area contributed by atoms with E-state index in [1.54, 1.807) is 32.4 Å². The minimum atomic E-state index is -0.733. The Kier molecular flexibility index (Phi) is 10.6. The summed E-state index contributed by atoms with van der Waals surface area (Å²) in [6, 6.07) is 8.67. The van der Waals surface area contributed by atoms with Gasteiger partial charge in [0.1, 0.15) is 17.2 Å². The number of hydrogen-bond acceptors (Lipinski definition) is 6. The number of carbonyl (C=O) groups is 2. The molecule has 0 bridgehead atoms. The zero-order valence-corrected chi connectivity index (χ0v) is 23.5. The highest BCUT2D eigenvalue weighted by Crippen LogP contribution is 2.37. The van der Waals surface area contributed by atoms with Crippen LogP contribution in [0.5, 0.6) is 11.5 Å². The van der Waals surface area contributed by atoms with E-state index in [2.05, 4.69) is 27.9 Å². The van der Waals surface area contributed by atoms with Crippen LogP contribution < -0.4 is 14.8 Å². The fourth-order valence-corrected chi connectivity index (χ4v) is 4.97. The number of nitrogens with zero attached hydrogens (tertiary/aromatic N) is 1. The van der Waals surface area contributed by atoms with E-state index in [4.69, 9.17) is 35.9 Å². The first-order valence-electron chi connectivity index (χ1n) is 11.9. The van der Waals surface area contributed by atoms with Crippen molar-refractivity contribution in [2.75, 3.05) is 20.8 Å². The van der Waals surface area contributed by atoms with Gasteiger partial charge in [-0.3, -0.25) is 9.59 Å². The van der Waals surface area contributed by atoms with Gasteiger partial charge in [0.05, 0.1) is 18.1 Å². The van der Waals surface area contributed by atoms with Crippen LogP contribution in [0.3, 0.4) is 0 Å². The van der Waals surface area contributed by atoms with Crippen LogP contribution in [0.15, 0.2) is 30.3 Å². The summed E-state index contributed by atoms with van der Waals surface area (Å²) in [5.74, 6) is 0.0211. The Bertz CT molecular complexity index is 1060. The second kappa shape index (κ2) is 13.4. The third-order valence-electron chi connectivity index (χ3n) is 6.45. The lowest BCUT2D eigenvalue weighted by molar-refractivity contribution is -0.143. The average molecular weight is 631 g/mol. The van der Waals surface area contributed by atoms with Gasteiger partial charge in [-0.25, -0.2) is 4.98 Å². The molecular weight excluding hydrogens is 599 g/mol.